The van der Waals surface area contributed by atoms with E-state index in [4.69, 9.17) is 5.26 Å². The van der Waals surface area contributed by atoms with Crippen molar-refractivity contribution in [3.8, 4) is 6.07 Å². The van der Waals surface area contributed by atoms with Gasteiger partial charge in [0.05, 0.1) is 11.6 Å². The maximum absolute atomic E-state index is 9.01. The van der Waals surface area contributed by atoms with Gasteiger partial charge in [-0.1, -0.05) is 13.0 Å². The highest BCUT2D eigenvalue weighted by atomic mass is 32.1. The molecule has 2 heterocycles. The SMILES string of the molecule is CCC(Nc1ncccc1C#N)c1cccs1. The molecule has 86 valence electrons. The summed E-state index contributed by atoms with van der Waals surface area (Å²) in [6, 6.07) is 10.0. The van der Waals surface area contributed by atoms with E-state index < -0.39 is 0 Å². The average Bonchev–Trinajstić information content (AvgIpc) is 2.90. The zero-order valence-corrected chi connectivity index (χ0v) is 10.4. The molecule has 4 heteroatoms. The minimum Gasteiger partial charge on any atom is -0.361 e. The summed E-state index contributed by atoms with van der Waals surface area (Å²) in [7, 11) is 0. The molecule has 2 rings (SSSR count). The van der Waals surface area contributed by atoms with Gasteiger partial charge in [0, 0.05) is 11.1 Å². The maximum atomic E-state index is 9.01. The second-order valence-electron chi connectivity index (χ2n) is 3.63. The molecule has 1 atom stereocenters. The van der Waals surface area contributed by atoms with Crippen molar-refractivity contribution in [3.63, 3.8) is 0 Å². The Morgan fingerprint density at radius 3 is 3.00 bits per heavy atom. The fraction of sp³-hybridized carbons (Fsp3) is 0.231. The fourth-order valence-corrected chi connectivity index (χ4v) is 2.50. The van der Waals surface area contributed by atoms with Crippen molar-refractivity contribution in [2.75, 3.05) is 5.32 Å². The minimum absolute atomic E-state index is 0.219. The predicted molar refractivity (Wildman–Crippen MR) is 69.9 cm³/mol. The Balaban J connectivity index is 2.22. The second-order valence-corrected chi connectivity index (χ2v) is 4.61. The third-order valence-electron chi connectivity index (χ3n) is 2.53. The van der Waals surface area contributed by atoms with Crippen LogP contribution in [-0.2, 0) is 0 Å². The number of nitrogens with one attached hydrogen (secondary N) is 1. The van der Waals surface area contributed by atoms with E-state index in [0.29, 0.717) is 11.4 Å². The lowest BCUT2D eigenvalue weighted by molar-refractivity contribution is 0.758. The monoisotopic (exact) mass is 243 g/mol. The van der Waals surface area contributed by atoms with Crippen LogP contribution in [0.25, 0.3) is 0 Å². The van der Waals surface area contributed by atoms with Crippen LogP contribution in [0.1, 0.15) is 29.8 Å². The van der Waals surface area contributed by atoms with Crippen LogP contribution in [-0.4, -0.2) is 4.98 Å². The van der Waals surface area contributed by atoms with Crippen LogP contribution >= 0.6 is 11.3 Å². The normalized spacial score (nSPS) is 11.8. The first kappa shape index (κ1) is 11.6. The summed E-state index contributed by atoms with van der Waals surface area (Å²) in [5.74, 6) is 0.662. The first-order chi connectivity index (χ1) is 8.35. The number of hydrogen-bond donors (Lipinski definition) is 1. The smallest absolute Gasteiger partial charge is 0.144 e. The number of nitrogens with zero attached hydrogens (tertiary/aromatic N) is 2. The van der Waals surface area contributed by atoms with E-state index in [1.165, 1.54) is 4.88 Å². The first-order valence-corrected chi connectivity index (χ1v) is 6.38. The van der Waals surface area contributed by atoms with Crippen molar-refractivity contribution in [3.05, 3.63) is 46.3 Å². The molecule has 0 bridgehead atoms. The molecule has 0 spiro atoms. The molecule has 3 nitrogen and oxygen atoms in total. The molecule has 0 saturated carbocycles. The number of anilines is 1. The van der Waals surface area contributed by atoms with Gasteiger partial charge in [-0.3, -0.25) is 0 Å². The molecule has 17 heavy (non-hydrogen) atoms. The number of hydrogen-bond acceptors (Lipinski definition) is 4. The van der Waals surface area contributed by atoms with Gasteiger partial charge in [0.2, 0.25) is 0 Å². The number of thiophene rings is 1. The number of aromatic nitrogens is 1. The van der Waals surface area contributed by atoms with E-state index >= 15 is 0 Å². The summed E-state index contributed by atoms with van der Waals surface area (Å²) in [5.41, 5.74) is 0.586. The Morgan fingerprint density at radius 2 is 2.35 bits per heavy atom. The van der Waals surface area contributed by atoms with Crippen molar-refractivity contribution in [2.45, 2.75) is 19.4 Å². The van der Waals surface area contributed by atoms with Crippen LogP contribution in [0, 0.1) is 11.3 Å². The summed E-state index contributed by atoms with van der Waals surface area (Å²) in [6.45, 7) is 2.12. The van der Waals surface area contributed by atoms with Crippen molar-refractivity contribution >= 4 is 17.2 Å². The van der Waals surface area contributed by atoms with Gasteiger partial charge >= 0.3 is 0 Å². The van der Waals surface area contributed by atoms with Crippen LogP contribution in [0.15, 0.2) is 35.8 Å². The third kappa shape index (κ3) is 2.63. The Bertz CT molecular complexity index is 514. The maximum Gasteiger partial charge on any atom is 0.144 e. The van der Waals surface area contributed by atoms with Crippen molar-refractivity contribution in [2.24, 2.45) is 0 Å². The van der Waals surface area contributed by atoms with Crippen LogP contribution < -0.4 is 5.32 Å². The van der Waals surface area contributed by atoms with Gasteiger partial charge in [-0.25, -0.2) is 4.98 Å². The molecule has 0 aromatic carbocycles. The first-order valence-electron chi connectivity index (χ1n) is 5.50. The lowest BCUT2D eigenvalue weighted by Gasteiger charge is -2.16. The topological polar surface area (TPSA) is 48.7 Å². The summed E-state index contributed by atoms with van der Waals surface area (Å²) in [6.07, 6.45) is 2.66. The molecule has 2 aromatic rings. The van der Waals surface area contributed by atoms with E-state index in [1.807, 2.05) is 6.07 Å². The summed E-state index contributed by atoms with van der Waals surface area (Å²) in [5, 5.41) is 14.4. The van der Waals surface area contributed by atoms with Gasteiger partial charge in [0.25, 0.3) is 0 Å². The Kier molecular flexibility index (Phi) is 3.73. The second kappa shape index (κ2) is 5.46. The molecule has 0 radical (unpaired) electrons. The van der Waals surface area contributed by atoms with Gasteiger partial charge in [0.15, 0.2) is 0 Å². The molecule has 1 N–H and O–H groups in total. The van der Waals surface area contributed by atoms with Crippen LogP contribution in [0.2, 0.25) is 0 Å². The van der Waals surface area contributed by atoms with Crippen LogP contribution in [0.4, 0.5) is 5.82 Å². The van der Waals surface area contributed by atoms with E-state index in [-0.39, 0.29) is 6.04 Å². The molecule has 1 unspecified atom stereocenters. The van der Waals surface area contributed by atoms with Gasteiger partial charge < -0.3 is 5.32 Å². The Hall–Kier alpha value is -1.86. The van der Waals surface area contributed by atoms with Crippen LogP contribution in [0.3, 0.4) is 0 Å². The zero-order chi connectivity index (χ0) is 12.1. The molecule has 0 fully saturated rings. The predicted octanol–water partition coefficient (Wildman–Crippen LogP) is 3.58. The zero-order valence-electron chi connectivity index (χ0n) is 9.55. The summed E-state index contributed by atoms with van der Waals surface area (Å²) >= 11 is 1.72. The average molecular weight is 243 g/mol. The summed E-state index contributed by atoms with van der Waals surface area (Å²) < 4.78 is 0. The number of pyridine rings is 1. The van der Waals surface area contributed by atoms with Crippen molar-refractivity contribution < 1.29 is 0 Å². The van der Waals surface area contributed by atoms with Crippen molar-refractivity contribution in [1.29, 1.82) is 5.26 Å². The molecule has 0 aliphatic carbocycles. The number of rotatable bonds is 4. The van der Waals surface area contributed by atoms with Gasteiger partial charge in [-0.2, -0.15) is 5.26 Å². The van der Waals surface area contributed by atoms with E-state index in [2.05, 4.69) is 34.7 Å². The Labute approximate surface area is 105 Å². The van der Waals surface area contributed by atoms with E-state index in [1.54, 1.807) is 29.7 Å². The summed E-state index contributed by atoms with van der Waals surface area (Å²) in [4.78, 5) is 5.48. The van der Waals surface area contributed by atoms with Gasteiger partial charge in [-0.15, -0.1) is 11.3 Å². The third-order valence-corrected chi connectivity index (χ3v) is 3.52. The lowest BCUT2D eigenvalue weighted by atomic mass is 10.1. The van der Waals surface area contributed by atoms with Gasteiger partial charge in [-0.05, 0) is 30.0 Å². The minimum atomic E-state index is 0.219. The highest BCUT2D eigenvalue weighted by Crippen LogP contribution is 2.26. The van der Waals surface area contributed by atoms with E-state index in [9.17, 15) is 0 Å². The molecular weight excluding hydrogens is 230 g/mol. The molecule has 2 aromatic heterocycles. The molecule has 0 amide bonds. The Morgan fingerprint density at radius 1 is 1.47 bits per heavy atom. The molecular formula is C13H13N3S. The molecule has 0 saturated heterocycles. The highest BCUT2D eigenvalue weighted by Gasteiger charge is 2.12. The largest absolute Gasteiger partial charge is 0.361 e. The van der Waals surface area contributed by atoms with E-state index in [0.717, 1.165) is 6.42 Å². The van der Waals surface area contributed by atoms with Crippen LogP contribution in [0.5, 0.6) is 0 Å². The lowest BCUT2D eigenvalue weighted by Crippen LogP contribution is -2.10. The highest BCUT2D eigenvalue weighted by molar-refractivity contribution is 7.10. The van der Waals surface area contributed by atoms with Gasteiger partial charge in [0.1, 0.15) is 11.9 Å². The number of nitriles is 1. The fourth-order valence-electron chi connectivity index (χ4n) is 1.64. The quantitative estimate of drug-likeness (QED) is 0.892. The molecule has 0 aliphatic rings. The standard InChI is InChI=1S/C13H13N3S/c1-2-11(12-6-4-8-17-12)16-13-10(9-14)5-3-7-15-13/h3-8,11H,2H2,1H3,(H,15,16). The van der Waals surface area contributed by atoms with Crippen molar-refractivity contribution in [1.82, 2.24) is 4.98 Å². The molecule has 0 aliphatic heterocycles.